The summed E-state index contributed by atoms with van der Waals surface area (Å²) < 4.78 is 10.6. The van der Waals surface area contributed by atoms with E-state index in [1.54, 1.807) is 46.4 Å². The molecule has 0 radical (unpaired) electrons. The van der Waals surface area contributed by atoms with E-state index in [4.69, 9.17) is 9.47 Å². The summed E-state index contributed by atoms with van der Waals surface area (Å²) in [7, 11) is 0. The maximum absolute atomic E-state index is 12.6. The molecule has 178 valence electrons. The van der Waals surface area contributed by atoms with Crippen LogP contribution in [0.3, 0.4) is 0 Å². The second-order valence-electron chi connectivity index (χ2n) is 9.61. The number of likely N-dealkylation sites (tertiary alicyclic amines) is 1. The minimum absolute atomic E-state index is 0.0234. The highest BCUT2D eigenvalue weighted by Gasteiger charge is 2.30. The normalized spacial score (nSPS) is 16.3. The fraction of sp³-hybridized carbons (Fsp3) is 0.850. The Morgan fingerprint density at radius 1 is 1.06 bits per heavy atom. The van der Waals surface area contributed by atoms with Gasteiger partial charge >= 0.3 is 12.1 Å². The van der Waals surface area contributed by atoms with E-state index in [1.807, 2.05) is 0 Å². The minimum Gasteiger partial charge on any atom is -0.458 e. The molecule has 0 saturated carbocycles. The predicted octanol–water partition coefficient (Wildman–Crippen LogP) is 2.45. The first-order chi connectivity index (χ1) is 14.2. The quantitative estimate of drug-likeness (QED) is 0.342. The van der Waals surface area contributed by atoms with E-state index in [1.165, 1.54) is 0 Å². The summed E-state index contributed by atoms with van der Waals surface area (Å²) >= 11 is 0. The summed E-state index contributed by atoms with van der Waals surface area (Å²) in [4.78, 5) is 53.6. The van der Waals surface area contributed by atoms with Gasteiger partial charge in [-0.25, -0.2) is 9.59 Å². The van der Waals surface area contributed by atoms with E-state index >= 15 is 0 Å². The van der Waals surface area contributed by atoms with Crippen LogP contribution in [0.25, 0.3) is 0 Å². The Kier molecular flexibility index (Phi) is 9.51. The Morgan fingerprint density at radius 3 is 2.10 bits per heavy atom. The van der Waals surface area contributed by atoms with Crippen LogP contribution in [0, 0.1) is 16.0 Å². The summed E-state index contributed by atoms with van der Waals surface area (Å²) in [6.45, 7) is 11.2. The van der Waals surface area contributed by atoms with Crippen LogP contribution in [0.15, 0.2) is 0 Å². The summed E-state index contributed by atoms with van der Waals surface area (Å²) in [5.41, 5.74) is -1.48. The fourth-order valence-electron chi connectivity index (χ4n) is 3.01. The first-order valence-corrected chi connectivity index (χ1v) is 10.4. The topological polar surface area (TPSA) is 137 Å². The largest absolute Gasteiger partial charge is 0.458 e. The minimum atomic E-state index is -1.02. The van der Waals surface area contributed by atoms with Gasteiger partial charge in [0.15, 0.2) is 0 Å². The Labute approximate surface area is 182 Å². The third kappa shape index (κ3) is 11.4. The molecule has 0 aromatic carbocycles. The van der Waals surface area contributed by atoms with Crippen LogP contribution in [-0.4, -0.2) is 64.9 Å². The SMILES string of the molecule is CC(C)(C)OC(=O)N[C@@H](CCC(=O)N1CCC(CO[N+](=O)[O-])CC1)C(=O)OC(C)(C)C. The zero-order valence-electron chi connectivity index (χ0n) is 19.3. The van der Waals surface area contributed by atoms with Crippen LogP contribution >= 0.6 is 0 Å². The average Bonchev–Trinajstić information content (AvgIpc) is 2.60. The van der Waals surface area contributed by atoms with E-state index in [9.17, 15) is 24.5 Å². The second-order valence-corrected chi connectivity index (χ2v) is 9.61. The molecule has 1 fully saturated rings. The van der Waals surface area contributed by atoms with Crippen LogP contribution in [-0.2, 0) is 23.9 Å². The Hall–Kier alpha value is -2.59. The van der Waals surface area contributed by atoms with Crippen molar-refractivity contribution in [2.24, 2.45) is 5.92 Å². The molecule has 1 heterocycles. The predicted molar refractivity (Wildman–Crippen MR) is 110 cm³/mol. The second kappa shape index (κ2) is 11.1. The first kappa shape index (κ1) is 26.4. The molecule has 1 saturated heterocycles. The average molecular weight is 446 g/mol. The van der Waals surface area contributed by atoms with Crippen molar-refractivity contribution in [1.82, 2.24) is 10.2 Å². The lowest BCUT2D eigenvalue weighted by Crippen LogP contribution is -2.47. The van der Waals surface area contributed by atoms with Gasteiger partial charge in [0.25, 0.3) is 5.09 Å². The van der Waals surface area contributed by atoms with Crippen molar-refractivity contribution >= 4 is 18.0 Å². The van der Waals surface area contributed by atoms with Crippen molar-refractivity contribution in [2.45, 2.75) is 84.5 Å². The molecule has 1 aliphatic heterocycles. The van der Waals surface area contributed by atoms with Gasteiger partial charge in [0, 0.05) is 19.5 Å². The lowest BCUT2D eigenvalue weighted by atomic mass is 9.97. The zero-order chi connectivity index (χ0) is 23.8. The standard InChI is InChI=1S/C20H35N3O8/c1-19(2,3)30-17(25)15(21-18(26)31-20(4,5)6)7-8-16(24)22-11-9-14(10-12-22)13-29-23(27)28/h14-15H,7-13H2,1-6H3,(H,21,26)/t15-/m0/s1. The van der Waals surface area contributed by atoms with E-state index in [0.717, 1.165) is 0 Å². The highest BCUT2D eigenvalue weighted by molar-refractivity contribution is 5.83. The van der Waals surface area contributed by atoms with E-state index in [2.05, 4.69) is 10.2 Å². The van der Waals surface area contributed by atoms with Crippen molar-refractivity contribution in [3.05, 3.63) is 10.1 Å². The number of esters is 1. The molecule has 0 aromatic heterocycles. The smallest absolute Gasteiger partial charge is 0.408 e. The number of amides is 2. The van der Waals surface area contributed by atoms with Gasteiger partial charge in [-0.15, -0.1) is 10.1 Å². The van der Waals surface area contributed by atoms with Crippen molar-refractivity contribution < 1.29 is 33.8 Å². The van der Waals surface area contributed by atoms with Gasteiger partial charge in [0.05, 0.1) is 6.61 Å². The van der Waals surface area contributed by atoms with Crippen molar-refractivity contribution in [3.63, 3.8) is 0 Å². The summed E-state index contributed by atoms with van der Waals surface area (Å²) in [6.07, 6.45) is 0.547. The molecule has 2 amide bonds. The van der Waals surface area contributed by atoms with Crippen LogP contribution in [0.1, 0.15) is 67.2 Å². The van der Waals surface area contributed by atoms with Gasteiger partial charge in [-0.3, -0.25) is 4.79 Å². The summed E-state index contributed by atoms with van der Waals surface area (Å²) in [6, 6.07) is -1.02. The molecule has 0 spiro atoms. The Morgan fingerprint density at radius 2 is 1.61 bits per heavy atom. The summed E-state index contributed by atoms with van der Waals surface area (Å²) in [5.74, 6) is -0.771. The molecule has 11 nitrogen and oxygen atoms in total. The van der Waals surface area contributed by atoms with Gasteiger partial charge in [0.2, 0.25) is 5.91 Å². The number of ether oxygens (including phenoxy) is 2. The molecule has 0 aliphatic carbocycles. The third-order valence-electron chi connectivity index (χ3n) is 4.41. The molecule has 1 N–H and O–H groups in total. The van der Waals surface area contributed by atoms with E-state index in [0.29, 0.717) is 25.9 Å². The maximum atomic E-state index is 12.6. The highest BCUT2D eigenvalue weighted by Crippen LogP contribution is 2.19. The molecule has 1 aliphatic rings. The third-order valence-corrected chi connectivity index (χ3v) is 4.41. The van der Waals surface area contributed by atoms with Gasteiger partial charge in [-0.2, -0.15) is 0 Å². The molecule has 0 aromatic rings. The monoisotopic (exact) mass is 445 g/mol. The van der Waals surface area contributed by atoms with Crippen LogP contribution < -0.4 is 5.32 Å². The number of alkyl carbamates (subject to hydrolysis) is 1. The van der Waals surface area contributed by atoms with Crippen molar-refractivity contribution in [2.75, 3.05) is 19.7 Å². The molecule has 31 heavy (non-hydrogen) atoms. The molecule has 0 unspecified atom stereocenters. The number of hydrogen-bond donors (Lipinski definition) is 1. The van der Waals surface area contributed by atoms with Crippen LogP contribution in [0.2, 0.25) is 0 Å². The first-order valence-electron chi connectivity index (χ1n) is 10.4. The molecule has 1 atom stereocenters. The van der Waals surface area contributed by atoms with Crippen LogP contribution in [0.4, 0.5) is 4.79 Å². The number of nitrogens with one attached hydrogen (secondary N) is 1. The Balaban J connectivity index is 2.62. The number of rotatable bonds is 8. The van der Waals surface area contributed by atoms with Crippen LogP contribution in [0.5, 0.6) is 0 Å². The zero-order valence-corrected chi connectivity index (χ0v) is 19.3. The number of carbonyl (C=O) groups is 3. The molecular weight excluding hydrogens is 410 g/mol. The maximum Gasteiger partial charge on any atom is 0.408 e. The van der Waals surface area contributed by atoms with Gasteiger partial charge in [-0.05, 0) is 66.7 Å². The lowest BCUT2D eigenvalue weighted by Gasteiger charge is -2.32. The van der Waals surface area contributed by atoms with Crippen molar-refractivity contribution in [3.8, 4) is 0 Å². The molecule has 0 bridgehead atoms. The molecular formula is C20H35N3O8. The highest BCUT2D eigenvalue weighted by atomic mass is 16.9. The van der Waals surface area contributed by atoms with Crippen molar-refractivity contribution in [1.29, 1.82) is 0 Å². The number of hydrogen-bond acceptors (Lipinski definition) is 8. The lowest BCUT2D eigenvalue weighted by molar-refractivity contribution is -0.759. The number of nitrogens with zero attached hydrogens (tertiary/aromatic N) is 2. The Bertz CT molecular complexity index is 646. The van der Waals surface area contributed by atoms with E-state index in [-0.39, 0.29) is 31.3 Å². The van der Waals surface area contributed by atoms with Gasteiger partial charge < -0.3 is 24.5 Å². The molecule has 1 rings (SSSR count). The number of piperidine rings is 1. The van der Waals surface area contributed by atoms with Gasteiger partial charge in [0.1, 0.15) is 17.2 Å². The fourth-order valence-corrected chi connectivity index (χ4v) is 3.01. The number of carbonyl (C=O) groups excluding carboxylic acids is 3. The molecule has 11 heteroatoms. The van der Waals surface area contributed by atoms with Gasteiger partial charge in [-0.1, -0.05) is 0 Å². The van der Waals surface area contributed by atoms with E-state index < -0.39 is 34.4 Å². The summed E-state index contributed by atoms with van der Waals surface area (Å²) in [5, 5.41) is 12.0.